The van der Waals surface area contributed by atoms with Crippen LogP contribution in [0.1, 0.15) is 6.42 Å². The van der Waals surface area contributed by atoms with Crippen LogP contribution in [0.5, 0.6) is 0 Å². The summed E-state index contributed by atoms with van der Waals surface area (Å²) >= 11 is 0. The van der Waals surface area contributed by atoms with Gasteiger partial charge in [0.15, 0.2) is 0 Å². The predicted octanol–water partition coefficient (Wildman–Crippen LogP) is 0.583. The van der Waals surface area contributed by atoms with Crippen molar-refractivity contribution in [3.05, 3.63) is 30.1 Å². The first kappa shape index (κ1) is 14.4. The van der Waals surface area contributed by atoms with E-state index in [-0.39, 0.29) is 23.7 Å². The van der Waals surface area contributed by atoms with Crippen LogP contribution >= 0.6 is 0 Å². The van der Waals surface area contributed by atoms with Crippen molar-refractivity contribution in [2.45, 2.75) is 11.3 Å². The third kappa shape index (κ3) is 3.41. The van der Waals surface area contributed by atoms with Crippen molar-refractivity contribution in [2.75, 3.05) is 13.6 Å². The first-order valence-electron chi connectivity index (χ1n) is 5.06. The molecule has 0 fully saturated rings. The van der Waals surface area contributed by atoms with Gasteiger partial charge in [0, 0.05) is 20.0 Å². The molecule has 0 atom stereocenters. The van der Waals surface area contributed by atoms with Crippen molar-refractivity contribution in [2.24, 2.45) is 10.9 Å². The summed E-state index contributed by atoms with van der Waals surface area (Å²) in [5, 5.41) is 11.1. The van der Waals surface area contributed by atoms with Gasteiger partial charge in [0.2, 0.25) is 10.0 Å². The molecule has 6 nitrogen and oxygen atoms in total. The van der Waals surface area contributed by atoms with Gasteiger partial charge in [0.05, 0.1) is 4.90 Å². The second-order valence-corrected chi connectivity index (χ2v) is 5.67. The average molecular weight is 275 g/mol. The smallest absolute Gasteiger partial charge is 0.242 e. The molecule has 0 radical (unpaired) electrons. The monoisotopic (exact) mass is 275 g/mol. The molecule has 0 unspecified atom stereocenters. The van der Waals surface area contributed by atoms with Crippen LogP contribution in [0.4, 0.5) is 4.39 Å². The van der Waals surface area contributed by atoms with Crippen molar-refractivity contribution in [1.29, 1.82) is 0 Å². The van der Waals surface area contributed by atoms with E-state index in [0.29, 0.717) is 0 Å². The Morgan fingerprint density at radius 1 is 1.56 bits per heavy atom. The molecule has 18 heavy (non-hydrogen) atoms. The molecule has 0 spiro atoms. The zero-order valence-corrected chi connectivity index (χ0v) is 10.6. The summed E-state index contributed by atoms with van der Waals surface area (Å²) < 4.78 is 38.0. The van der Waals surface area contributed by atoms with E-state index in [2.05, 4.69) is 5.16 Å². The first-order chi connectivity index (χ1) is 8.37. The van der Waals surface area contributed by atoms with Gasteiger partial charge in [-0.15, -0.1) is 0 Å². The lowest BCUT2D eigenvalue weighted by Crippen LogP contribution is -2.30. The number of nitrogens with zero attached hydrogens (tertiary/aromatic N) is 2. The highest BCUT2D eigenvalue weighted by molar-refractivity contribution is 7.89. The molecular weight excluding hydrogens is 261 g/mol. The van der Waals surface area contributed by atoms with Gasteiger partial charge in [-0.2, -0.15) is 0 Å². The largest absolute Gasteiger partial charge is 0.409 e. The minimum atomic E-state index is -3.76. The second kappa shape index (κ2) is 5.78. The number of rotatable bonds is 5. The molecule has 0 aliphatic carbocycles. The summed E-state index contributed by atoms with van der Waals surface area (Å²) in [5.74, 6) is -0.697. The molecule has 1 rings (SSSR count). The highest BCUT2D eigenvalue weighted by Crippen LogP contribution is 2.15. The second-order valence-electron chi connectivity index (χ2n) is 3.63. The third-order valence-corrected chi connectivity index (χ3v) is 4.17. The number of halogens is 1. The zero-order chi connectivity index (χ0) is 13.8. The fraction of sp³-hybridized carbons (Fsp3) is 0.300. The average Bonchev–Trinajstić information content (AvgIpc) is 2.35. The van der Waals surface area contributed by atoms with E-state index < -0.39 is 15.8 Å². The van der Waals surface area contributed by atoms with Gasteiger partial charge < -0.3 is 10.9 Å². The molecular formula is C10H14FN3O3S. The van der Waals surface area contributed by atoms with Crippen LogP contribution in [-0.2, 0) is 10.0 Å². The maximum absolute atomic E-state index is 13.0. The Hall–Kier alpha value is -1.67. The van der Waals surface area contributed by atoms with Crippen LogP contribution in [0, 0.1) is 5.82 Å². The first-order valence-corrected chi connectivity index (χ1v) is 6.50. The number of benzene rings is 1. The number of hydrogen-bond donors (Lipinski definition) is 2. The van der Waals surface area contributed by atoms with Gasteiger partial charge in [-0.25, -0.2) is 17.1 Å². The van der Waals surface area contributed by atoms with Gasteiger partial charge in [0.1, 0.15) is 11.7 Å². The van der Waals surface area contributed by atoms with E-state index >= 15 is 0 Å². The lowest BCUT2D eigenvalue weighted by atomic mass is 10.4. The van der Waals surface area contributed by atoms with E-state index in [9.17, 15) is 12.8 Å². The SMILES string of the molecule is CN(CC/C(N)=N/O)S(=O)(=O)c1cccc(F)c1. The van der Waals surface area contributed by atoms with Gasteiger partial charge >= 0.3 is 0 Å². The minimum absolute atomic E-state index is 0.0364. The highest BCUT2D eigenvalue weighted by Gasteiger charge is 2.21. The Kier molecular flexibility index (Phi) is 4.62. The molecule has 100 valence electrons. The number of sulfonamides is 1. The predicted molar refractivity (Wildman–Crippen MR) is 64.2 cm³/mol. The standard InChI is InChI=1S/C10H14FN3O3S/c1-14(6-5-10(12)13-15)18(16,17)9-4-2-3-8(11)7-9/h2-4,7,15H,5-6H2,1H3,(H2,12,13). The summed E-state index contributed by atoms with van der Waals surface area (Å²) in [5.41, 5.74) is 5.25. The van der Waals surface area contributed by atoms with Crippen molar-refractivity contribution >= 4 is 15.9 Å². The maximum atomic E-state index is 13.0. The Morgan fingerprint density at radius 3 is 2.78 bits per heavy atom. The van der Waals surface area contributed by atoms with Gasteiger partial charge in [-0.05, 0) is 18.2 Å². The fourth-order valence-corrected chi connectivity index (χ4v) is 2.45. The zero-order valence-electron chi connectivity index (χ0n) is 9.75. The molecule has 0 aliphatic heterocycles. The van der Waals surface area contributed by atoms with Gasteiger partial charge in [0.25, 0.3) is 0 Å². The molecule has 0 amide bonds. The molecule has 1 aromatic carbocycles. The van der Waals surface area contributed by atoms with E-state index in [1.165, 1.54) is 19.2 Å². The Morgan fingerprint density at radius 2 is 2.22 bits per heavy atom. The topological polar surface area (TPSA) is 96.0 Å². The Balaban J connectivity index is 2.87. The summed E-state index contributed by atoms with van der Waals surface area (Å²) in [6, 6.07) is 4.72. The lowest BCUT2D eigenvalue weighted by molar-refractivity contribution is 0.316. The number of amidine groups is 1. The summed E-state index contributed by atoms with van der Waals surface area (Å²) in [7, 11) is -2.43. The van der Waals surface area contributed by atoms with Gasteiger partial charge in [-0.1, -0.05) is 11.2 Å². The summed E-state index contributed by atoms with van der Waals surface area (Å²) in [4.78, 5) is -0.135. The van der Waals surface area contributed by atoms with Crippen molar-refractivity contribution in [3.8, 4) is 0 Å². The van der Waals surface area contributed by atoms with Crippen LogP contribution in [0.15, 0.2) is 34.3 Å². The minimum Gasteiger partial charge on any atom is -0.409 e. The van der Waals surface area contributed by atoms with Gasteiger partial charge in [-0.3, -0.25) is 0 Å². The van der Waals surface area contributed by atoms with Crippen molar-refractivity contribution in [1.82, 2.24) is 4.31 Å². The molecule has 8 heteroatoms. The van der Waals surface area contributed by atoms with Crippen LogP contribution in [-0.4, -0.2) is 37.4 Å². The number of nitrogens with two attached hydrogens (primary N) is 1. The van der Waals surface area contributed by atoms with Crippen LogP contribution in [0.2, 0.25) is 0 Å². The fourth-order valence-electron chi connectivity index (χ4n) is 1.25. The van der Waals surface area contributed by atoms with Crippen LogP contribution in [0.25, 0.3) is 0 Å². The van der Waals surface area contributed by atoms with E-state index in [0.717, 1.165) is 16.4 Å². The van der Waals surface area contributed by atoms with Crippen molar-refractivity contribution < 1.29 is 18.0 Å². The lowest BCUT2D eigenvalue weighted by Gasteiger charge is -2.16. The van der Waals surface area contributed by atoms with Crippen molar-refractivity contribution in [3.63, 3.8) is 0 Å². The van der Waals surface area contributed by atoms with E-state index in [4.69, 9.17) is 10.9 Å². The quantitative estimate of drug-likeness (QED) is 0.355. The van der Waals surface area contributed by atoms with E-state index in [1.54, 1.807) is 0 Å². The number of hydrogen-bond acceptors (Lipinski definition) is 4. The normalized spacial score (nSPS) is 12.9. The molecule has 3 N–H and O–H groups in total. The van der Waals surface area contributed by atoms with E-state index in [1.807, 2.05) is 0 Å². The Bertz CT molecular complexity index is 545. The number of oxime groups is 1. The van der Waals surface area contributed by atoms with Crippen LogP contribution in [0.3, 0.4) is 0 Å². The molecule has 0 aliphatic rings. The molecule has 0 aromatic heterocycles. The molecule has 0 heterocycles. The molecule has 1 aromatic rings. The summed E-state index contributed by atoms with van der Waals surface area (Å²) in [6.07, 6.45) is 0.0849. The maximum Gasteiger partial charge on any atom is 0.242 e. The van der Waals surface area contributed by atoms with Crippen LogP contribution < -0.4 is 5.73 Å². The summed E-state index contributed by atoms with van der Waals surface area (Å²) in [6.45, 7) is 0.0364. The molecule has 0 saturated heterocycles. The third-order valence-electron chi connectivity index (χ3n) is 2.32. The molecule has 0 bridgehead atoms. The highest BCUT2D eigenvalue weighted by atomic mass is 32.2. The Labute approximate surface area is 105 Å². The molecule has 0 saturated carbocycles.